The van der Waals surface area contributed by atoms with Gasteiger partial charge in [-0.25, -0.2) is 9.97 Å². The standard InChI is InChI=1S/C13H21N3/c1-8(7-14)6-12-9(2)15-13(11-4-5-11)16-10(12)3/h8,11H,4-7,14H2,1-3H3. The van der Waals surface area contributed by atoms with E-state index >= 15 is 0 Å². The molecule has 2 N–H and O–H groups in total. The van der Waals surface area contributed by atoms with E-state index in [1.807, 2.05) is 0 Å². The molecule has 1 heterocycles. The van der Waals surface area contributed by atoms with Crippen molar-refractivity contribution < 1.29 is 0 Å². The minimum atomic E-state index is 0.507. The minimum absolute atomic E-state index is 0.507. The third-order valence-corrected chi connectivity index (χ3v) is 3.34. The first-order chi connectivity index (χ1) is 7.61. The van der Waals surface area contributed by atoms with Gasteiger partial charge in [0.1, 0.15) is 5.82 Å². The molecule has 0 aliphatic heterocycles. The fraction of sp³-hybridized carbons (Fsp3) is 0.692. The molecule has 16 heavy (non-hydrogen) atoms. The molecule has 0 bridgehead atoms. The maximum atomic E-state index is 5.67. The normalized spacial score (nSPS) is 17.5. The van der Waals surface area contributed by atoms with Gasteiger partial charge in [-0.1, -0.05) is 6.92 Å². The van der Waals surface area contributed by atoms with Gasteiger partial charge in [0, 0.05) is 17.3 Å². The third-order valence-electron chi connectivity index (χ3n) is 3.34. The third kappa shape index (κ3) is 2.40. The van der Waals surface area contributed by atoms with Crippen LogP contribution in [0.15, 0.2) is 0 Å². The summed E-state index contributed by atoms with van der Waals surface area (Å²) >= 11 is 0. The van der Waals surface area contributed by atoms with Crippen LogP contribution in [0.25, 0.3) is 0 Å². The van der Waals surface area contributed by atoms with Crippen LogP contribution in [0.4, 0.5) is 0 Å². The van der Waals surface area contributed by atoms with Gasteiger partial charge < -0.3 is 5.73 Å². The summed E-state index contributed by atoms with van der Waals surface area (Å²) in [6, 6.07) is 0. The lowest BCUT2D eigenvalue weighted by Gasteiger charge is -2.14. The van der Waals surface area contributed by atoms with Gasteiger partial charge in [-0.15, -0.1) is 0 Å². The van der Waals surface area contributed by atoms with Crippen LogP contribution >= 0.6 is 0 Å². The van der Waals surface area contributed by atoms with Gasteiger partial charge >= 0.3 is 0 Å². The van der Waals surface area contributed by atoms with E-state index in [4.69, 9.17) is 5.73 Å². The molecule has 1 aromatic heterocycles. The predicted octanol–water partition coefficient (Wildman–Crippen LogP) is 2.11. The lowest BCUT2D eigenvalue weighted by atomic mass is 9.99. The number of rotatable bonds is 4. The number of aryl methyl sites for hydroxylation is 2. The van der Waals surface area contributed by atoms with Crippen molar-refractivity contribution in [3.63, 3.8) is 0 Å². The second kappa shape index (κ2) is 4.50. The Morgan fingerprint density at radius 3 is 2.25 bits per heavy atom. The monoisotopic (exact) mass is 219 g/mol. The molecule has 1 saturated carbocycles. The van der Waals surface area contributed by atoms with Crippen LogP contribution < -0.4 is 5.73 Å². The molecular weight excluding hydrogens is 198 g/mol. The number of nitrogens with two attached hydrogens (primary N) is 1. The molecule has 3 heteroatoms. The van der Waals surface area contributed by atoms with E-state index in [2.05, 4.69) is 30.7 Å². The number of hydrogen-bond acceptors (Lipinski definition) is 3. The van der Waals surface area contributed by atoms with Gasteiger partial charge in [0.2, 0.25) is 0 Å². The summed E-state index contributed by atoms with van der Waals surface area (Å²) in [7, 11) is 0. The summed E-state index contributed by atoms with van der Waals surface area (Å²) in [5.41, 5.74) is 9.26. The Morgan fingerprint density at radius 1 is 1.25 bits per heavy atom. The quantitative estimate of drug-likeness (QED) is 0.843. The van der Waals surface area contributed by atoms with E-state index in [9.17, 15) is 0 Å². The van der Waals surface area contributed by atoms with Crippen LogP contribution in [0.2, 0.25) is 0 Å². The first-order valence-corrected chi connectivity index (χ1v) is 6.16. The van der Waals surface area contributed by atoms with E-state index in [1.165, 1.54) is 18.4 Å². The van der Waals surface area contributed by atoms with Gasteiger partial charge in [-0.05, 0) is 51.1 Å². The van der Waals surface area contributed by atoms with E-state index in [1.54, 1.807) is 0 Å². The topological polar surface area (TPSA) is 51.8 Å². The second-order valence-corrected chi connectivity index (χ2v) is 5.05. The summed E-state index contributed by atoms with van der Waals surface area (Å²) in [6.45, 7) is 7.09. The van der Waals surface area contributed by atoms with Crippen molar-refractivity contribution >= 4 is 0 Å². The molecule has 1 atom stereocenters. The zero-order valence-corrected chi connectivity index (χ0v) is 10.5. The Morgan fingerprint density at radius 2 is 1.81 bits per heavy atom. The number of hydrogen-bond donors (Lipinski definition) is 1. The zero-order chi connectivity index (χ0) is 11.7. The Labute approximate surface area is 97.5 Å². The lowest BCUT2D eigenvalue weighted by molar-refractivity contribution is 0.584. The maximum Gasteiger partial charge on any atom is 0.131 e. The van der Waals surface area contributed by atoms with Gasteiger partial charge in [0.25, 0.3) is 0 Å². The van der Waals surface area contributed by atoms with Crippen molar-refractivity contribution in [2.24, 2.45) is 11.7 Å². The Hall–Kier alpha value is -0.960. The average molecular weight is 219 g/mol. The van der Waals surface area contributed by atoms with Gasteiger partial charge in [0.05, 0.1) is 0 Å². The fourth-order valence-electron chi connectivity index (χ4n) is 2.02. The molecule has 0 saturated heterocycles. The van der Waals surface area contributed by atoms with Crippen LogP contribution in [-0.2, 0) is 6.42 Å². The SMILES string of the molecule is Cc1nc(C2CC2)nc(C)c1CC(C)CN. The molecule has 88 valence electrons. The smallest absolute Gasteiger partial charge is 0.131 e. The van der Waals surface area contributed by atoms with E-state index in [-0.39, 0.29) is 0 Å². The van der Waals surface area contributed by atoms with Crippen molar-refractivity contribution in [2.45, 2.75) is 46.0 Å². The molecule has 1 fully saturated rings. The van der Waals surface area contributed by atoms with Gasteiger partial charge in [-0.2, -0.15) is 0 Å². The molecule has 0 radical (unpaired) electrons. The highest BCUT2D eigenvalue weighted by Gasteiger charge is 2.27. The summed E-state index contributed by atoms with van der Waals surface area (Å²) in [5, 5.41) is 0. The molecule has 1 aromatic rings. The molecule has 0 aromatic carbocycles. The molecular formula is C13H21N3. The van der Waals surface area contributed by atoms with Crippen molar-refractivity contribution in [1.82, 2.24) is 9.97 Å². The number of nitrogens with zero attached hydrogens (tertiary/aromatic N) is 2. The van der Waals surface area contributed by atoms with Crippen LogP contribution in [0.3, 0.4) is 0 Å². The highest BCUT2D eigenvalue weighted by Crippen LogP contribution is 2.38. The molecule has 3 nitrogen and oxygen atoms in total. The molecule has 2 rings (SSSR count). The summed E-state index contributed by atoms with van der Waals surface area (Å²) in [4.78, 5) is 9.26. The Balaban J connectivity index is 2.24. The van der Waals surface area contributed by atoms with Crippen LogP contribution in [0, 0.1) is 19.8 Å². The predicted molar refractivity (Wildman–Crippen MR) is 65.4 cm³/mol. The molecule has 1 aliphatic carbocycles. The number of aromatic nitrogens is 2. The molecule has 0 spiro atoms. The first kappa shape index (κ1) is 11.5. The average Bonchev–Trinajstić information content (AvgIpc) is 3.06. The fourth-order valence-corrected chi connectivity index (χ4v) is 2.02. The van der Waals surface area contributed by atoms with Crippen molar-refractivity contribution in [1.29, 1.82) is 0 Å². The van der Waals surface area contributed by atoms with Gasteiger partial charge in [-0.3, -0.25) is 0 Å². The van der Waals surface area contributed by atoms with E-state index < -0.39 is 0 Å². The van der Waals surface area contributed by atoms with Crippen LogP contribution in [-0.4, -0.2) is 16.5 Å². The highest BCUT2D eigenvalue weighted by atomic mass is 14.9. The van der Waals surface area contributed by atoms with Crippen molar-refractivity contribution in [3.05, 3.63) is 22.8 Å². The highest BCUT2D eigenvalue weighted by molar-refractivity contribution is 5.26. The van der Waals surface area contributed by atoms with Gasteiger partial charge in [0.15, 0.2) is 0 Å². The molecule has 0 amide bonds. The summed E-state index contributed by atoms with van der Waals surface area (Å²) < 4.78 is 0. The molecule has 1 aliphatic rings. The second-order valence-electron chi connectivity index (χ2n) is 5.05. The zero-order valence-electron chi connectivity index (χ0n) is 10.5. The van der Waals surface area contributed by atoms with E-state index in [0.29, 0.717) is 11.8 Å². The van der Waals surface area contributed by atoms with Crippen molar-refractivity contribution in [3.8, 4) is 0 Å². The summed E-state index contributed by atoms with van der Waals surface area (Å²) in [5.74, 6) is 2.20. The Kier molecular flexibility index (Phi) is 3.24. The summed E-state index contributed by atoms with van der Waals surface area (Å²) in [6.07, 6.45) is 3.52. The first-order valence-electron chi connectivity index (χ1n) is 6.16. The largest absolute Gasteiger partial charge is 0.330 e. The van der Waals surface area contributed by atoms with E-state index in [0.717, 1.165) is 30.2 Å². The minimum Gasteiger partial charge on any atom is -0.330 e. The maximum absolute atomic E-state index is 5.67. The lowest BCUT2D eigenvalue weighted by Crippen LogP contribution is -2.16. The van der Waals surface area contributed by atoms with Crippen LogP contribution in [0.1, 0.15) is 48.5 Å². The molecule has 1 unspecified atom stereocenters. The van der Waals surface area contributed by atoms with Crippen molar-refractivity contribution in [2.75, 3.05) is 6.54 Å². The Bertz CT molecular complexity index is 360. The van der Waals surface area contributed by atoms with Crippen LogP contribution in [0.5, 0.6) is 0 Å².